The number of esters is 1. The minimum Gasteiger partial charge on any atom is -0.480 e. The molecule has 102 valence electrons. The molecule has 3 N–H and O–H groups in total. The largest absolute Gasteiger partial charge is 0.480 e. The summed E-state index contributed by atoms with van der Waals surface area (Å²) in [4.78, 5) is 23.3. The van der Waals surface area contributed by atoms with E-state index in [1.807, 2.05) is 0 Å². The SMILES string of the molecule is Nc1ccc(C(C(=O)O)C(=O)Oc2ccccc2)cc1. The van der Waals surface area contributed by atoms with Crippen LogP contribution in [0.5, 0.6) is 5.75 Å². The van der Waals surface area contributed by atoms with Gasteiger partial charge in [-0.05, 0) is 29.8 Å². The third kappa shape index (κ3) is 3.14. The van der Waals surface area contributed by atoms with Crippen LogP contribution in [-0.4, -0.2) is 17.0 Å². The predicted octanol–water partition coefficient (Wildman–Crippen LogP) is 2.04. The van der Waals surface area contributed by atoms with Gasteiger partial charge in [-0.1, -0.05) is 30.3 Å². The van der Waals surface area contributed by atoms with E-state index in [4.69, 9.17) is 10.5 Å². The average molecular weight is 271 g/mol. The van der Waals surface area contributed by atoms with Gasteiger partial charge in [0.2, 0.25) is 0 Å². The standard InChI is InChI=1S/C15H13NO4/c16-11-8-6-10(7-9-11)13(14(17)18)15(19)20-12-4-2-1-3-5-12/h1-9,13H,16H2,(H,17,18). The van der Waals surface area contributed by atoms with Gasteiger partial charge in [-0.3, -0.25) is 9.59 Å². The van der Waals surface area contributed by atoms with Gasteiger partial charge in [-0.25, -0.2) is 0 Å². The molecule has 0 aliphatic heterocycles. The van der Waals surface area contributed by atoms with Gasteiger partial charge in [0, 0.05) is 5.69 Å². The first-order chi connectivity index (χ1) is 9.58. The Bertz CT molecular complexity index is 608. The van der Waals surface area contributed by atoms with Crippen LogP contribution in [0.25, 0.3) is 0 Å². The highest BCUT2D eigenvalue weighted by Crippen LogP contribution is 2.21. The lowest BCUT2D eigenvalue weighted by Gasteiger charge is -2.12. The molecule has 5 heteroatoms. The molecular formula is C15H13NO4. The number of anilines is 1. The highest BCUT2D eigenvalue weighted by atomic mass is 16.5. The Hall–Kier alpha value is -2.82. The van der Waals surface area contributed by atoms with Gasteiger partial charge < -0.3 is 15.6 Å². The number of para-hydroxylation sites is 1. The van der Waals surface area contributed by atoms with Crippen molar-refractivity contribution in [3.05, 3.63) is 60.2 Å². The van der Waals surface area contributed by atoms with Crippen molar-refractivity contribution in [1.29, 1.82) is 0 Å². The smallest absolute Gasteiger partial charge is 0.330 e. The van der Waals surface area contributed by atoms with Crippen molar-refractivity contribution < 1.29 is 19.4 Å². The van der Waals surface area contributed by atoms with Gasteiger partial charge in [-0.2, -0.15) is 0 Å². The molecular weight excluding hydrogens is 258 g/mol. The van der Waals surface area contributed by atoms with Crippen LogP contribution in [0, 0.1) is 0 Å². The summed E-state index contributed by atoms with van der Waals surface area (Å²) in [5.41, 5.74) is 6.36. The quantitative estimate of drug-likeness (QED) is 0.384. The zero-order chi connectivity index (χ0) is 14.5. The number of nitrogens with two attached hydrogens (primary N) is 1. The van der Waals surface area contributed by atoms with Crippen molar-refractivity contribution in [1.82, 2.24) is 0 Å². The highest BCUT2D eigenvalue weighted by molar-refractivity contribution is 6.00. The number of nitrogen functional groups attached to an aromatic ring is 1. The Labute approximate surface area is 115 Å². The summed E-state index contributed by atoms with van der Waals surface area (Å²) in [5.74, 6) is -3.18. The van der Waals surface area contributed by atoms with E-state index in [0.29, 0.717) is 17.0 Å². The van der Waals surface area contributed by atoms with Crippen LogP contribution < -0.4 is 10.5 Å². The maximum absolute atomic E-state index is 12.0. The second-order valence-corrected chi connectivity index (χ2v) is 4.17. The number of ether oxygens (including phenoxy) is 1. The van der Waals surface area contributed by atoms with E-state index in [-0.39, 0.29) is 0 Å². The highest BCUT2D eigenvalue weighted by Gasteiger charge is 2.30. The van der Waals surface area contributed by atoms with Crippen LogP contribution in [0.3, 0.4) is 0 Å². The first-order valence-corrected chi connectivity index (χ1v) is 5.93. The average Bonchev–Trinajstić information content (AvgIpc) is 2.42. The fourth-order valence-electron chi connectivity index (χ4n) is 1.73. The number of hydrogen-bond acceptors (Lipinski definition) is 4. The van der Waals surface area contributed by atoms with E-state index < -0.39 is 17.9 Å². The Morgan fingerprint density at radius 1 is 1.00 bits per heavy atom. The summed E-state index contributed by atoms with van der Waals surface area (Å²) in [7, 11) is 0. The monoisotopic (exact) mass is 271 g/mol. The normalized spacial score (nSPS) is 11.6. The molecule has 0 radical (unpaired) electrons. The Kier molecular flexibility index (Phi) is 4.00. The Morgan fingerprint density at radius 3 is 2.15 bits per heavy atom. The zero-order valence-corrected chi connectivity index (χ0v) is 10.5. The molecule has 0 aromatic heterocycles. The van der Waals surface area contributed by atoms with Crippen LogP contribution in [0.2, 0.25) is 0 Å². The topological polar surface area (TPSA) is 89.6 Å². The van der Waals surface area contributed by atoms with E-state index in [1.54, 1.807) is 42.5 Å². The molecule has 0 heterocycles. The molecule has 20 heavy (non-hydrogen) atoms. The molecule has 5 nitrogen and oxygen atoms in total. The third-order valence-corrected chi connectivity index (χ3v) is 2.71. The number of carboxylic acids is 1. The zero-order valence-electron chi connectivity index (χ0n) is 10.5. The van der Waals surface area contributed by atoms with Crippen LogP contribution >= 0.6 is 0 Å². The van der Waals surface area contributed by atoms with Gasteiger partial charge in [0.25, 0.3) is 0 Å². The maximum atomic E-state index is 12.0. The molecule has 1 atom stereocenters. The summed E-state index contributed by atoms with van der Waals surface area (Å²) < 4.78 is 5.07. The van der Waals surface area contributed by atoms with Crippen molar-refractivity contribution in [2.75, 3.05) is 5.73 Å². The molecule has 0 amide bonds. The maximum Gasteiger partial charge on any atom is 0.330 e. The van der Waals surface area contributed by atoms with Crippen LogP contribution in [-0.2, 0) is 9.59 Å². The fraction of sp³-hybridized carbons (Fsp3) is 0.0667. The lowest BCUT2D eigenvalue weighted by atomic mass is 9.99. The number of aliphatic carboxylic acids is 1. The Balaban J connectivity index is 2.23. The van der Waals surface area contributed by atoms with Crippen molar-refractivity contribution in [2.45, 2.75) is 5.92 Å². The number of hydrogen-bond donors (Lipinski definition) is 2. The van der Waals surface area contributed by atoms with Gasteiger partial charge in [0.05, 0.1) is 0 Å². The van der Waals surface area contributed by atoms with Gasteiger partial charge in [0.15, 0.2) is 5.92 Å². The van der Waals surface area contributed by atoms with Crippen molar-refractivity contribution in [3.8, 4) is 5.75 Å². The molecule has 2 aromatic rings. The lowest BCUT2D eigenvalue weighted by Crippen LogP contribution is -2.26. The molecule has 0 saturated heterocycles. The molecule has 0 spiro atoms. The summed E-state index contributed by atoms with van der Waals surface area (Å²) in [6.45, 7) is 0. The summed E-state index contributed by atoms with van der Waals surface area (Å²) in [6.07, 6.45) is 0. The third-order valence-electron chi connectivity index (χ3n) is 2.71. The van der Waals surface area contributed by atoms with Gasteiger partial charge in [0.1, 0.15) is 5.75 Å². The number of carboxylic acid groups (broad SMARTS) is 1. The number of rotatable bonds is 4. The fourth-order valence-corrected chi connectivity index (χ4v) is 1.73. The predicted molar refractivity (Wildman–Crippen MR) is 73.3 cm³/mol. The lowest BCUT2D eigenvalue weighted by molar-refractivity contribution is -0.148. The first kappa shape index (κ1) is 13.6. The van der Waals surface area contributed by atoms with Crippen LogP contribution in [0.15, 0.2) is 54.6 Å². The molecule has 0 saturated carbocycles. The minimum atomic E-state index is -1.38. The number of carbonyl (C=O) groups is 2. The van der Waals surface area contributed by atoms with E-state index >= 15 is 0 Å². The number of benzene rings is 2. The number of carbonyl (C=O) groups excluding carboxylic acids is 1. The minimum absolute atomic E-state index is 0.305. The molecule has 0 aliphatic carbocycles. The van der Waals surface area contributed by atoms with Crippen LogP contribution in [0.1, 0.15) is 11.5 Å². The van der Waals surface area contributed by atoms with Gasteiger partial charge in [-0.15, -0.1) is 0 Å². The van der Waals surface area contributed by atoms with E-state index in [9.17, 15) is 14.7 Å². The van der Waals surface area contributed by atoms with Crippen LogP contribution in [0.4, 0.5) is 5.69 Å². The van der Waals surface area contributed by atoms with Gasteiger partial charge >= 0.3 is 11.9 Å². The molecule has 2 rings (SSSR count). The second kappa shape index (κ2) is 5.88. The molecule has 0 bridgehead atoms. The van der Waals surface area contributed by atoms with Crippen molar-refractivity contribution >= 4 is 17.6 Å². The summed E-state index contributed by atoms with van der Waals surface area (Å²) in [6, 6.07) is 14.4. The molecule has 2 aromatic carbocycles. The van der Waals surface area contributed by atoms with E-state index in [1.165, 1.54) is 12.1 Å². The van der Waals surface area contributed by atoms with Crippen molar-refractivity contribution in [2.24, 2.45) is 0 Å². The Morgan fingerprint density at radius 2 is 1.60 bits per heavy atom. The van der Waals surface area contributed by atoms with Crippen molar-refractivity contribution in [3.63, 3.8) is 0 Å². The molecule has 1 unspecified atom stereocenters. The molecule has 0 aliphatic rings. The van der Waals surface area contributed by atoms with E-state index in [2.05, 4.69) is 0 Å². The summed E-state index contributed by atoms with van der Waals surface area (Å²) in [5, 5.41) is 9.21. The second-order valence-electron chi connectivity index (χ2n) is 4.17. The van der Waals surface area contributed by atoms with E-state index in [0.717, 1.165) is 0 Å². The molecule has 0 fully saturated rings. The summed E-state index contributed by atoms with van der Waals surface area (Å²) >= 11 is 0. The first-order valence-electron chi connectivity index (χ1n) is 5.93.